The van der Waals surface area contributed by atoms with Gasteiger partial charge in [0.05, 0.1) is 6.73 Å². The first-order valence-corrected chi connectivity index (χ1v) is 1.86. The van der Waals surface area contributed by atoms with Gasteiger partial charge in [0, 0.05) is 0 Å². The standard InChI is InChI=1S/C3H9NO.H4N2/c1-4(2)3-5;1-2/h5H,3H2,1-2H3;1-2H2. The zero-order valence-electron chi connectivity index (χ0n) is 4.76. The number of nitrogens with zero attached hydrogens (tertiary/aromatic N) is 1. The van der Waals surface area contributed by atoms with E-state index in [0.717, 1.165) is 0 Å². The molecule has 0 aliphatic rings. The summed E-state index contributed by atoms with van der Waals surface area (Å²) in [6.07, 6.45) is 0. The topological polar surface area (TPSA) is 75.5 Å². The normalized spacial score (nSPS) is 7.71. The molecule has 4 nitrogen and oxygen atoms in total. The van der Waals surface area contributed by atoms with Crippen molar-refractivity contribution in [3.8, 4) is 0 Å². The maximum atomic E-state index is 8.07. The first-order chi connectivity index (χ1) is 3.27. The van der Waals surface area contributed by atoms with E-state index in [0.29, 0.717) is 0 Å². The number of hydrogen-bond acceptors (Lipinski definition) is 4. The molecule has 5 N–H and O–H groups in total. The predicted octanol–water partition coefficient (Wildman–Crippen LogP) is -1.68. The Morgan fingerprint density at radius 3 is 1.57 bits per heavy atom. The molecule has 0 saturated heterocycles. The van der Waals surface area contributed by atoms with Crippen LogP contribution in [0.4, 0.5) is 0 Å². The van der Waals surface area contributed by atoms with Crippen molar-refractivity contribution in [3.63, 3.8) is 0 Å². The second kappa shape index (κ2) is 9.28. The van der Waals surface area contributed by atoms with E-state index in [1.54, 1.807) is 19.0 Å². The van der Waals surface area contributed by atoms with Gasteiger partial charge in [0.2, 0.25) is 0 Å². The van der Waals surface area contributed by atoms with Gasteiger partial charge in [-0.05, 0) is 14.1 Å². The lowest BCUT2D eigenvalue weighted by Gasteiger charge is -1.99. The molecule has 0 heterocycles. The summed E-state index contributed by atoms with van der Waals surface area (Å²) in [5, 5.41) is 8.07. The van der Waals surface area contributed by atoms with Gasteiger partial charge in [0.15, 0.2) is 0 Å². The Kier molecular flexibility index (Phi) is 13.2. The maximum Gasteiger partial charge on any atom is 0.0951 e. The van der Waals surface area contributed by atoms with E-state index in [-0.39, 0.29) is 6.73 Å². The highest BCUT2D eigenvalue weighted by Gasteiger charge is 1.73. The summed E-state index contributed by atoms with van der Waals surface area (Å²) in [5.41, 5.74) is 0. The SMILES string of the molecule is CN(C)CO.NN. The zero-order chi connectivity index (χ0) is 6.28. The van der Waals surface area contributed by atoms with Gasteiger partial charge < -0.3 is 5.11 Å². The van der Waals surface area contributed by atoms with E-state index in [4.69, 9.17) is 5.11 Å². The molecule has 4 heteroatoms. The molecule has 0 aliphatic heterocycles. The minimum absolute atomic E-state index is 0.139. The Morgan fingerprint density at radius 1 is 1.43 bits per heavy atom. The average Bonchev–Trinajstić information content (AvgIpc) is 1.73. The molecule has 0 bridgehead atoms. The predicted molar refractivity (Wildman–Crippen MR) is 29.1 cm³/mol. The maximum absolute atomic E-state index is 8.07. The molecular formula is C3H13N3O. The van der Waals surface area contributed by atoms with Crippen LogP contribution in [0.2, 0.25) is 0 Å². The van der Waals surface area contributed by atoms with E-state index in [1.165, 1.54) is 0 Å². The van der Waals surface area contributed by atoms with Crippen molar-refractivity contribution in [3.05, 3.63) is 0 Å². The molecule has 0 unspecified atom stereocenters. The molecule has 0 rings (SSSR count). The van der Waals surface area contributed by atoms with Crippen molar-refractivity contribution in [2.24, 2.45) is 11.7 Å². The van der Waals surface area contributed by atoms with Crippen LogP contribution < -0.4 is 11.7 Å². The number of aliphatic hydroxyl groups excluding tert-OH is 1. The van der Waals surface area contributed by atoms with Gasteiger partial charge in [0.1, 0.15) is 0 Å². The first-order valence-electron chi connectivity index (χ1n) is 1.86. The van der Waals surface area contributed by atoms with E-state index in [1.807, 2.05) is 0 Å². The monoisotopic (exact) mass is 107 g/mol. The van der Waals surface area contributed by atoms with Crippen LogP contribution in [0, 0.1) is 0 Å². The Morgan fingerprint density at radius 2 is 1.57 bits per heavy atom. The molecule has 0 aromatic carbocycles. The summed E-state index contributed by atoms with van der Waals surface area (Å²) in [6.45, 7) is 0.139. The molecule has 0 aromatic heterocycles. The highest BCUT2D eigenvalue weighted by molar-refractivity contribution is 4.16. The van der Waals surface area contributed by atoms with Crippen LogP contribution in [0.5, 0.6) is 0 Å². The third-order valence-electron chi connectivity index (χ3n) is 0.283. The van der Waals surface area contributed by atoms with Crippen LogP contribution in [-0.4, -0.2) is 30.8 Å². The smallest absolute Gasteiger partial charge is 0.0951 e. The summed E-state index contributed by atoms with van der Waals surface area (Å²) in [5.74, 6) is 8.00. The molecule has 0 aromatic rings. The van der Waals surface area contributed by atoms with Crippen LogP contribution in [0.25, 0.3) is 0 Å². The summed E-state index contributed by atoms with van der Waals surface area (Å²) in [4.78, 5) is 1.68. The zero-order valence-corrected chi connectivity index (χ0v) is 4.76. The fourth-order valence-electron chi connectivity index (χ4n) is 0. The van der Waals surface area contributed by atoms with Crippen LogP contribution in [-0.2, 0) is 0 Å². The molecule has 0 atom stereocenters. The molecule has 0 amide bonds. The second-order valence-corrected chi connectivity index (χ2v) is 1.22. The number of hydrazine groups is 1. The van der Waals surface area contributed by atoms with Gasteiger partial charge in [-0.15, -0.1) is 0 Å². The number of rotatable bonds is 1. The third kappa shape index (κ3) is 25.4. The lowest BCUT2D eigenvalue weighted by molar-refractivity contribution is 0.157. The van der Waals surface area contributed by atoms with Crippen molar-refractivity contribution in [2.75, 3.05) is 20.8 Å². The second-order valence-electron chi connectivity index (χ2n) is 1.22. The van der Waals surface area contributed by atoms with Gasteiger partial charge in [-0.3, -0.25) is 16.6 Å². The summed E-state index contributed by atoms with van der Waals surface area (Å²) in [6, 6.07) is 0. The Labute approximate surface area is 43.7 Å². The Balaban J connectivity index is 0. The lowest BCUT2D eigenvalue weighted by Crippen LogP contribution is -2.11. The van der Waals surface area contributed by atoms with Crippen LogP contribution >= 0.6 is 0 Å². The molecule has 0 radical (unpaired) electrons. The average molecular weight is 107 g/mol. The molecular weight excluding hydrogens is 94.1 g/mol. The van der Waals surface area contributed by atoms with Gasteiger partial charge in [-0.2, -0.15) is 0 Å². The highest BCUT2D eigenvalue weighted by atomic mass is 16.3. The fraction of sp³-hybridized carbons (Fsp3) is 1.00. The van der Waals surface area contributed by atoms with E-state index in [2.05, 4.69) is 11.7 Å². The summed E-state index contributed by atoms with van der Waals surface area (Å²) < 4.78 is 0. The lowest BCUT2D eigenvalue weighted by atomic mass is 11.0. The van der Waals surface area contributed by atoms with Crippen molar-refractivity contribution >= 4 is 0 Å². The van der Waals surface area contributed by atoms with Crippen molar-refractivity contribution in [2.45, 2.75) is 0 Å². The molecule has 46 valence electrons. The van der Waals surface area contributed by atoms with Crippen LogP contribution in [0.3, 0.4) is 0 Å². The first kappa shape index (κ1) is 9.96. The van der Waals surface area contributed by atoms with Crippen LogP contribution in [0.1, 0.15) is 0 Å². The number of nitrogens with two attached hydrogens (primary N) is 2. The largest absolute Gasteiger partial charge is 0.381 e. The van der Waals surface area contributed by atoms with E-state index < -0.39 is 0 Å². The Hall–Kier alpha value is -0.160. The number of aliphatic hydroxyl groups is 1. The Bertz CT molecular complexity index is 24.1. The van der Waals surface area contributed by atoms with Gasteiger partial charge in [-0.1, -0.05) is 0 Å². The number of hydrogen-bond donors (Lipinski definition) is 3. The summed E-state index contributed by atoms with van der Waals surface area (Å²) >= 11 is 0. The summed E-state index contributed by atoms with van der Waals surface area (Å²) in [7, 11) is 3.61. The fourth-order valence-corrected chi connectivity index (χ4v) is 0. The molecule has 0 saturated carbocycles. The van der Waals surface area contributed by atoms with E-state index in [9.17, 15) is 0 Å². The minimum atomic E-state index is 0.139. The van der Waals surface area contributed by atoms with Crippen molar-refractivity contribution < 1.29 is 5.11 Å². The highest BCUT2D eigenvalue weighted by Crippen LogP contribution is 1.59. The molecule has 0 spiro atoms. The molecule has 7 heavy (non-hydrogen) atoms. The third-order valence-corrected chi connectivity index (χ3v) is 0.283. The van der Waals surface area contributed by atoms with E-state index >= 15 is 0 Å². The van der Waals surface area contributed by atoms with Crippen molar-refractivity contribution in [1.29, 1.82) is 0 Å². The van der Waals surface area contributed by atoms with Crippen LogP contribution in [0.15, 0.2) is 0 Å². The van der Waals surface area contributed by atoms with Gasteiger partial charge in [0.25, 0.3) is 0 Å². The molecule has 0 aliphatic carbocycles. The molecule has 0 fully saturated rings. The minimum Gasteiger partial charge on any atom is -0.381 e. The quantitative estimate of drug-likeness (QED) is 0.212. The van der Waals surface area contributed by atoms with Crippen molar-refractivity contribution in [1.82, 2.24) is 4.90 Å². The van der Waals surface area contributed by atoms with Gasteiger partial charge >= 0.3 is 0 Å². The van der Waals surface area contributed by atoms with Gasteiger partial charge in [-0.25, -0.2) is 0 Å².